The van der Waals surface area contributed by atoms with E-state index in [2.05, 4.69) is 23.3 Å². The Morgan fingerprint density at radius 1 is 1.38 bits per heavy atom. The lowest BCUT2D eigenvalue weighted by atomic mass is 9.84. The molecule has 13 heavy (non-hydrogen) atoms. The second kappa shape index (κ2) is 2.97. The molecule has 0 radical (unpaired) electrons. The van der Waals surface area contributed by atoms with Gasteiger partial charge in [0.1, 0.15) is 5.54 Å². The normalized spacial score (nSPS) is 44.7. The van der Waals surface area contributed by atoms with Crippen molar-refractivity contribution in [2.45, 2.75) is 43.3 Å². The molecule has 72 valence electrons. The molecule has 2 atom stereocenters. The third-order valence-corrected chi connectivity index (χ3v) is 3.85. The second-order valence-corrected chi connectivity index (χ2v) is 4.40. The van der Waals surface area contributed by atoms with E-state index in [9.17, 15) is 0 Å². The van der Waals surface area contributed by atoms with Crippen LogP contribution < -0.4 is 5.32 Å². The molecule has 1 N–H and O–H groups in total. The molecule has 3 heteroatoms. The van der Waals surface area contributed by atoms with E-state index in [1.165, 1.54) is 12.8 Å². The topological polar surface area (TPSA) is 39.1 Å². The van der Waals surface area contributed by atoms with Gasteiger partial charge in [-0.1, -0.05) is 0 Å². The third-order valence-electron chi connectivity index (χ3n) is 3.85. The minimum Gasteiger partial charge on any atom is -0.302 e. The van der Waals surface area contributed by atoms with Crippen molar-refractivity contribution in [2.24, 2.45) is 0 Å². The summed E-state index contributed by atoms with van der Waals surface area (Å²) in [5.41, 5.74) is -0.238. The number of fused-ring (bicyclic) bond motifs is 2. The van der Waals surface area contributed by atoms with E-state index in [1.54, 1.807) is 0 Å². The lowest BCUT2D eigenvalue weighted by Crippen LogP contribution is -2.54. The molecule has 2 bridgehead atoms. The Morgan fingerprint density at radius 3 is 2.31 bits per heavy atom. The van der Waals surface area contributed by atoms with Crippen LogP contribution in [0.15, 0.2) is 0 Å². The first-order chi connectivity index (χ1) is 6.21. The highest BCUT2D eigenvalue weighted by Crippen LogP contribution is 2.39. The van der Waals surface area contributed by atoms with Crippen LogP contribution in [0.1, 0.15) is 25.7 Å². The highest BCUT2D eigenvalue weighted by atomic mass is 15.2. The molecule has 0 amide bonds. The molecule has 0 aromatic heterocycles. The Balaban J connectivity index is 2.19. The lowest BCUT2D eigenvalue weighted by molar-refractivity contribution is 0.124. The van der Waals surface area contributed by atoms with Crippen molar-refractivity contribution in [2.75, 3.05) is 14.1 Å². The van der Waals surface area contributed by atoms with Crippen molar-refractivity contribution in [3.8, 4) is 6.07 Å². The third kappa shape index (κ3) is 1.25. The van der Waals surface area contributed by atoms with Gasteiger partial charge in [0.2, 0.25) is 0 Å². The predicted octanol–water partition coefficient (Wildman–Crippen LogP) is 0.725. The first kappa shape index (κ1) is 8.98. The monoisotopic (exact) mass is 179 g/mol. The zero-order chi connectivity index (χ0) is 9.47. The van der Waals surface area contributed by atoms with Gasteiger partial charge in [-0.3, -0.25) is 0 Å². The number of piperidine rings is 1. The van der Waals surface area contributed by atoms with Crippen LogP contribution in [0.2, 0.25) is 0 Å². The first-order valence-corrected chi connectivity index (χ1v) is 5.03. The highest BCUT2D eigenvalue weighted by Gasteiger charge is 2.46. The smallest absolute Gasteiger partial charge is 0.109 e. The fourth-order valence-electron chi connectivity index (χ4n) is 2.82. The average molecular weight is 179 g/mol. The largest absolute Gasteiger partial charge is 0.302 e. The van der Waals surface area contributed by atoms with Crippen molar-refractivity contribution in [3.63, 3.8) is 0 Å². The number of hydrogen-bond donors (Lipinski definition) is 1. The molecule has 2 unspecified atom stereocenters. The predicted molar refractivity (Wildman–Crippen MR) is 51.2 cm³/mol. The SMILES string of the molecule is CNC1(C#N)CC2CCC(C1)N2C. The Morgan fingerprint density at radius 2 is 1.92 bits per heavy atom. The minimum absolute atomic E-state index is 0.238. The number of nitriles is 1. The molecule has 0 aromatic rings. The molecule has 2 aliphatic rings. The van der Waals surface area contributed by atoms with E-state index in [4.69, 9.17) is 5.26 Å². The summed E-state index contributed by atoms with van der Waals surface area (Å²) in [4.78, 5) is 2.45. The van der Waals surface area contributed by atoms with Gasteiger partial charge in [-0.25, -0.2) is 0 Å². The molecule has 3 nitrogen and oxygen atoms in total. The maximum Gasteiger partial charge on any atom is 0.109 e. The summed E-state index contributed by atoms with van der Waals surface area (Å²) in [6.07, 6.45) is 4.53. The number of nitrogens with one attached hydrogen (secondary N) is 1. The summed E-state index contributed by atoms with van der Waals surface area (Å²) in [5, 5.41) is 12.4. The van der Waals surface area contributed by atoms with Crippen molar-refractivity contribution in [1.29, 1.82) is 5.26 Å². The van der Waals surface area contributed by atoms with Crippen LogP contribution in [-0.2, 0) is 0 Å². The molecular weight excluding hydrogens is 162 g/mol. The van der Waals surface area contributed by atoms with E-state index in [0.717, 1.165) is 12.8 Å². The van der Waals surface area contributed by atoms with E-state index < -0.39 is 0 Å². The van der Waals surface area contributed by atoms with Crippen LogP contribution >= 0.6 is 0 Å². The van der Waals surface area contributed by atoms with Gasteiger partial charge in [-0.2, -0.15) is 5.26 Å². The molecule has 0 saturated carbocycles. The first-order valence-electron chi connectivity index (χ1n) is 5.03. The van der Waals surface area contributed by atoms with E-state index in [-0.39, 0.29) is 5.54 Å². The molecule has 0 aromatic carbocycles. The molecule has 0 aliphatic carbocycles. The van der Waals surface area contributed by atoms with Gasteiger partial charge in [-0.05, 0) is 39.8 Å². The van der Waals surface area contributed by atoms with Gasteiger partial charge in [0, 0.05) is 12.1 Å². The summed E-state index contributed by atoms with van der Waals surface area (Å²) < 4.78 is 0. The van der Waals surface area contributed by atoms with Gasteiger partial charge >= 0.3 is 0 Å². The molecule has 2 rings (SSSR count). The van der Waals surface area contributed by atoms with Crippen LogP contribution in [0.25, 0.3) is 0 Å². The van der Waals surface area contributed by atoms with Crippen molar-refractivity contribution >= 4 is 0 Å². The summed E-state index contributed by atoms with van der Waals surface area (Å²) in [7, 11) is 4.10. The Kier molecular flexibility index (Phi) is 2.05. The summed E-state index contributed by atoms with van der Waals surface area (Å²) >= 11 is 0. The van der Waals surface area contributed by atoms with E-state index in [1.807, 2.05) is 7.05 Å². The quantitative estimate of drug-likeness (QED) is 0.645. The van der Waals surface area contributed by atoms with Gasteiger partial charge < -0.3 is 10.2 Å². The van der Waals surface area contributed by atoms with Gasteiger partial charge in [0.05, 0.1) is 6.07 Å². The molecule has 0 spiro atoms. The summed E-state index contributed by atoms with van der Waals surface area (Å²) in [6, 6.07) is 3.71. The Hall–Kier alpha value is -0.590. The van der Waals surface area contributed by atoms with Gasteiger partial charge in [-0.15, -0.1) is 0 Å². The van der Waals surface area contributed by atoms with Gasteiger partial charge in [0.25, 0.3) is 0 Å². The van der Waals surface area contributed by atoms with Crippen molar-refractivity contribution in [3.05, 3.63) is 0 Å². The van der Waals surface area contributed by atoms with Crippen molar-refractivity contribution in [1.82, 2.24) is 10.2 Å². The van der Waals surface area contributed by atoms with Crippen molar-refractivity contribution < 1.29 is 0 Å². The number of hydrogen-bond acceptors (Lipinski definition) is 3. The molecule has 2 saturated heterocycles. The average Bonchev–Trinajstić information content (AvgIpc) is 2.43. The zero-order valence-corrected chi connectivity index (χ0v) is 8.38. The standard InChI is InChI=1S/C10H17N3/c1-12-10(7-11)5-8-3-4-9(6-10)13(8)2/h8-9,12H,3-6H2,1-2H3. The van der Waals surface area contributed by atoms with Crippen LogP contribution in [0.3, 0.4) is 0 Å². The van der Waals surface area contributed by atoms with Crippen LogP contribution in [0.4, 0.5) is 0 Å². The van der Waals surface area contributed by atoms with Gasteiger partial charge in [0.15, 0.2) is 0 Å². The Bertz CT molecular complexity index is 229. The number of rotatable bonds is 1. The zero-order valence-electron chi connectivity index (χ0n) is 8.38. The Labute approximate surface area is 79.7 Å². The summed E-state index contributed by atoms with van der Waals surface area (Å²) in [6.45, 7) is 0. The summed E-state index contributed by atoms with van der Waals surface area (Å²) in [5.74, 6) is 0. The molecule has 2 aliphatic heterocycles. The highest BCUT2D eigenvalue weighted by molar-refractivity contribution is 5.15. The molecule has 2 heterocycles. The van der Waals surface area contributed by atoms with Crippen LogP contribution in [-0.4, -0.2) is 36.6 Å². The van der Waals surface area contributed by atoms with E-state index in [0.29, 0.717) is 12.1 Å². The molecular formula is C10H17N3. The fraction of sp³-hybridized carbons (Fsp3) is 0.900. The second-order valence-electron chi connectivity index (χ2n) is 4.40. The molecule has 2 fully saturated rings. The lowest BCUT2D eigenvalue weighted by Gasteiger charge is -2.41. The van der Waals surface area contributed by atoms with Crippen LogP contribution in [0.5, 0.6) is 0 Å². The fourth-order valence-corrected chi connectivity index (χ4v) is 2.82. The van der Waals surface area contributed by atoms with E-state index >= 15 is 0 Å². The van der Waals surface area contributed by atoms with Crippen LogP contribution in [0, 0.1) is 11.3 Å². The maximum absolute atomic E-state index is 9.16. The minimum atomic E-state index is -0.238. The number of nitrogens with zero attached hydrogens (tertiary/aromatic N) is 2. The maximum atomic E-state index is 9.16.